The van der Waals surface area contributed by atoms with E-state index in [9.17, 15) is 9.59 Å². The molecule has 7 heteroatoms. The zero-order valence-electron chi connectivity index (χ0n) is 8.78. The summed E-state index contributed by atoms with van der Waals surface area (Å²) in [6, 6.07) is 0. The number of nitrogens with one attached hydrogen (secondary N) is 2. The van der Waals surface area contributed by atoms with Crippen molar-refractivity contribution in [2.45, 2.75) is 31.2 Å². The Morgan fingerprint density at radius 2 is 2.06 bits per heavy atom. The molecule has 0 saturated heterocycles. The SMILES string of the molecule is NC1(COc2n[nH]c(=O)[nH]c2=O)CCCC1. The Morgan fingerprint density at radius 3 is 2.69 bits per heavy atom. The summed E-state index contributed by atoms with van der Waals surface area (Å²) in [6.45, 7) is 0.245. The van der Waals surface area contributed by atoms with Gasteiger partial charge in [-0.05, 0) is 12.8 Å². The summed E-state index contributed by atoms with van der Waals surface area (Å²) in [6.07, 6.45) is 3.92. The highest BCUT2D eigenvalue weighted by Gasteiger charge is 2.30. The average Bonchev–Trinajstić information content (AvgIpc) is 2.64. The first-order valence-corrected chi connectivity index (χ1v) is 5.20. The number of nitrogens with two attached hydrogens (primary N) is 1. The molecule has 1 aliphatic rings. The number of nitrogens with zero attached hydrogens (tertiary/aromatic N) is 1. The van der Waals surface area contributed by atoms with Gasteiger partial charge in [-0.15, -0.1) is 5.10 Å². The number of ether oxygens (including phenoxy) is 1. The van der Waals surface area contributed by atoms with Gasteiger partial charge in [-0.3, -0.25) is 9.78 Å². The summed E-state index contributed by atoms with van der Waals surface area (Å²) in [5.74, 6) is -0.142. The Morgan fingerprint density at radius 1 is 1.38 bits per heavy atom. The molecule has 0 aliphatic heterocycles. The standard InChI is InChI=1S/C9H14N4O3/c10-9(3-1-2-4-9)5-16-7-6(14)11-8(15)13-12-7/h1-5,10H2,(H2,11,13,14,15). The van der Waals surface area contributed by atoms with E-state index in [1.807, 2.05) is 4.98 Å². The van der Waals surface area contributed by atoms with Gasteiger partial charge in [-0.25, -0.2) is 9.89 Å². The molecule has 1 fully saturated rings. The topological polar surface area (TPSA) is 114 Å². The normalized spacial score (nSPS) is 18.6. The summed E-state index contributed by atoms with van der Waals surface area (Å²) in [5.41, 5.74) is 4.39. The van der Waals surface area contributed by atoms with Gasteiger partial charge < -0.3 is 10.5 Å². The minimum atomic E-state index is -0.652. The second-order valence-corrected chi connectivity index (χ2v) is 4.17. The van der Waals surface area contributed by atoms with Crippen LogP contribution in [0, 0.1) is 0 Å². The van der Waals surface area contributed by atoms with Crippen molar-refractivity contribution >= 4 is 0 Å². The van der Waals surface area contributed by atoms with E-state index in [0.29, 0.717) is 0 Å². The lowest BCUT2D eigenvalue weighted by Gasteiger charge is -2.22. The summed E-state index contributed by atoms with van der Waals surface area (Å²) in [4.78, 5) is 24.0. The fourth-order valence-corrected chi connectivity index (χ4v) is 1.87. The number of aromatic amines is 2. The Hall–Kier alpha value is -1.63. The molecule has 7 nitrogen and oxygen atoms in total. The smallest absolute Gasteiger partial charge is 0.342 e. The molecule has 88 valence electrons. The second kappa shape index (κ2) is 4.09. The van der Waals surface area contributed by atoms with Gasteiger partial charge >= 0.3 is 11.2 Å². The van der Waals surface area contributed by atoms with E-state index in [-0.39, 0.29) is 18.0 Å². The monoisotopic (exact) mass is 226 g/mol. The molecule has 0 unspecified atom stereocenters. The van der Waals surface area contributed by atoms with Crippen LogP contribution in [-0.4, -0.2) is 27.3 Å². The second-order valence-electron chi connectivity index (χ2n) is 4.17. The molecule has 1 aromatic heterocycles. The van der Waals surface area contributed by atoms with Crippen molar-refractivity contribution in [2.75, 3.05) is 6.61 Å². The fraction of sp³-hybridized carbons (Fsp3) is 0.667. The molecule has 1 saturated carbocycles. The lowest BCUT2D eigenvalue weighted by molar-refractivity contribution is 0.208. The van der Waals surface area contributed by atoms with E-state index >= 15 is 0 Å². The van der Waals surface area contributed by atoms with Gasteiger partial charge in [0.05, 0.1) is 5.54 Å². The summed E-state index contributed by atoms with van der Waals surface area (Å²) < 4.78 is 5.23. The Balaban J connectivity index is 2.04. The lowest BCUT2D eigenvalue weighted by atomic mass is 10.0. The van der Waals surface area contributed by atoms with E-state index in [1.165, 1.54) is 0 Å². The van der Waals surface area contributed by atoms with Gasteiger partial charge in [0.2, 0.25) is 0 Å². The van der Waals surface area contributed by atoms with Crippen LogP contribution in [0.4, 0.5) is 0 Å². The minimum absolute atomic E-state index is 0.142. The van der Waals surface area contributed by atoms with Crippen LogP contribution in [-0.2, 0) is 0 Å². The molecule has 1 heterocycles. The maximum atomic E-state index is 11.2. The van der Waals surface area contributed by atoms with E-state index in [4.69, 9.17) is 10.5 Å². The van der Waals surface area contributed by atoms with Crippen LogP contribution in [0.15, 0.2) is 9.59 Å². The van der Waals surface area contributed by atoms with Crippen molar-refractivity contribution in [1.82, 2.24) is 15.2 Å². The Bertz CT molecular complexity index is 472. The summed E-state index contributed by atoms with van der Waals surface area (Å²) >= 11 is 0. The molecule has 0 aromatic carbocycles. The molecule has 0 atom stereocenters. The molecule has 0 radical (unpaired) electrons. The molecule has 1 aromatic rings. The number of rotatable bonds is 3. The highest BCUT2D eigenvalue weighted by atomic mass is 16.5. The number of hydrogen-bond acceptors (Lipinski definition) is 5. The van der Waals surface area contributed by atoms with Gasteiger partial charge in [-0.2, -0.15) is 0 Å². The zero-order valence-corrected chi connectivity index (χ0v) is 8.78. The van der Waals surface area contributed by atoms with Crippen LogP contribution in [0.3, 0.4) is 0 Å². The number of H-pyrrole nitrogens is 2. The van der Waals surface area contributed by atoms with Gasteiger partial charge in [0.15, 0.2) is 0 Å². The number of aromatic nitrogens is 3. The minimum Gasteiger partial charge on any atom is -0.471 e. The average molecular weight is 226 g/mol. The highest BCUT2D eigenvalue weighted by Crippen LogP contribution is 2.27. The van der Waals surface area contributed by atoms with Crippen LogP contribution < -0.4 is 21.7 Å². The van der Waals surface area contributed by atoms with Gasteiger partial charge in [-0.1, -0.05) is 12.8 Å². The predicted molar refractivity (Wildman–Crippen MR) is 56.4 cm³/mol. The molecule has 2 rings (SSSR count). The maximum Gasteiger partial charge on any atom is 0.342 e. The molecule has 0 spiro atoms. The van der Waals surface area contributed by atoms with Crippen molar-refractivity contribution in [3.63, 3.8) is 0 Å². The maximum absolute atomic E-state index is 11.2. The van der Waals surface area contributed by atoms with E-state index in [2.05, 4.69) is 10.2 Å². The molecule has 4 N–H and O–H groups in total. The van der Waals surface area contributed by atoms with Crippen LogP contribution in [0.1, 0.15) is 25.7 Å². The summed E-state index contributed by atoms with van der Waals surface area (Å²) in [5, 5.41) is 5.61. The van der Waals surface area contributed by atoms with Crippen molar-refractivity contribution in [1.29, 1.82) is 0 Å². The molecule has 1 aliphatic carbocycles. The third-order valence-electron chi connectivity index (χ3n) is 2.78. The van der Waals surface area contributed by atoms with Gasteiger partial charge in [0.25, 0.3) is 5.88 Å². The molecule has 0 bridgehead atoms. The first kappa shape index (κ1) is 10.9. The van der Waals surface area contributed by atoms with Crippen molar-refractivity contribution < 1.29 is 4.74 Å². The van der Waals surface area contributed by atoms with Crippen LogP contribution in [0.25, 0.3) is 0 Å². The van der Waals surface area contributed by atoms with Crippen LogP contribution in [0.2, 0.25) is 0 Å². The first-order valence-electron chi connectivity index (χ1n) is 5.20. The molecule has 0 amide bonds. The van der Waals surface area contributed by atoms with E-state index in [0.717, 1.165) is 25.7 Å². The van der Waals surface area contributed by atoms with Crippen molar-refractivity contribution in [2.24, 2.45) is 5.73 Å². The number of hydrogen-bond donors (Lipinski definition) is 3. The fourth-order valence-electron chi connectivity index (χ4n) is 1.87. The Kier molecular flexibility index (Phi) is 2.78. The summed E-state index contributed by atoms with van der Waals surface area (Å²) in [7, 11) is 0. The quantitative estimate of drug-likeness (QED) is 0.618. The molecular weight excluding hydrogens is 212 g/mol. The van der Waals surface area contributed by atoms with Crippen LogP contribution >= 0.6 is 0 Å². The highest BCUT2D eigenvalue weighted by molar-refractivity contribution is 5.01. The third kappa shape index (κ3) is 2.30. The third-order valence-corrected chi connectivity index (χ3v) is 2.78. The van der Waals surface area contributed by atoms with Gasteiger partial charge in [0, 0.05) is 0 Å². The predicted octanol–water partition coefficient (Wildman–Crippen LogP) is -0.892. The zero-order chi connectivity index (χ0) is 11.6. The Labute approximate surface area is 91.0 Å². The van der Waals surface area contributed by atoms with Gasteiger partial charge in [0.1, 0.15) is 6.61 Å². The largest absolute Gasteiger partial charge is 0.471 e. The van der Waals surface area contributed by atoms with Crippen molar-refractivity contribution in [3.05, 3.63) is 20.8 Å². The van der Waals surface area contributed by atoms with Crippen LogP contribution in [0.5, 0.6) is 5.88 Å². The van der Waals surface area contributed by atoms with E-state index < -0.39 is 11.2 Å². The lowest BCUT2D eigenvalue weighted by Crippen LogP contribution is -2.43. The molecular formula is C9H14N4O3. The molecule has 16 heavy (non-hydrogen) atoms. The first-order chi connectivity index (χ1) is 7.59. The van der Waals surface area contributed by atoms with Crippen molar-refractivity contribution in [3.8, 4) is 5.88 Å². The van der Waals surface area contributed by atoms with E-state index in [1.54, 1.807) is 0 Å².